The van der Waals surface area contributed by atoms with Gasteiger partial charge in [0.15, 0.2) is 0 Å². The lowest BCUT2D eigenvalue weighted by atomic mass is 10.0. The molecule has 67 heavy (non-hydrogen) atoms. The van der Waals surface area contributed by atoms with E-state index >= 15 is 0 Å². The number of esters is 1. The number of ether oxygens (including phenoxy) is 1. The van der Waals surface area contributed by atoms with E-state index in [0.717, 1.165) is 38.5 Å². The van der Waals surface area contributed by atoms with Crippen molar-refractivity contribution in [2.24, 2.45) is 0 Å². The minimum Gasteiger partial charge on any atom is -0.466 e. The Morgan fingerprint density at radius 3 is 1.06 bits per heavy atom. The number of aliphatic hydroxyl groups is 2. The van der Waals surface area contributed by atoms with Gasteiger partial charge in [0.1, 0.15) is 0 Å². The highest BCUT2D eigenvalue weighted by Crippen LogP contribution is 2.18. The first kappa shape index (κ1) is 65.6. The molecule has 0 bridgehead atoms. The molecule has 0 aliphatic heterocycles. The Bertz CT molecular complexity index is 1000. The van der Waals surface area contributed by atoms with Crippen molar-refractivity contribution in [1.82, 2.24) is 5.32 Å². The molecule has 0 aliphatic carbocycles. The second kappa shape index (κ2) is 57.2. The number of allylic oxidation sites excluding steroid dienone is 2. The van der Waals surface area contributed by atoms with E-state index in [-0.39, 0.29) is 18.5 Å². The summed E-state index contributed by atoms with van der Waals surface area (Å²) < 4.78 is 5.48. The van der Waals surface area contributed by atoms with Crippen LogP contribution in [0.5, 0.6) is 0 Å². The molecule has 0 aliphatic rings. The highest BCUT2D eigenvalue weighted by molar-refractivity contribution is 5.76. The predicted octanol–water partition coefficient (Wildman–Crippen LogP) is 18.9. The van der Waals surface area contributed by atoms with E-state index in [0.29, 0.717) is 25.9 Å². The maximum atomic E-state index is 12.5. The van der Waals surface area contributed by atoms with Crippen LogP contribution >= 0.6 is 0 Å². The Morgan fingerprint density at radius 2 is 0.701 bits per heavy atom. The molecule has 0 fully saturated rings. The Morgan fingerprint density at radius 1 is 0.403 bits per heavy atom. The molecule has 2 unspecified atom stereocenters. The molecule has 6 heteroatoms. The molecule has 0 heterocycles. The van der Waals surface area contributed by atoms with E-state index in [1.54, 1.807) is 0 Å². The Balaban J connectivity index is 3.39. The standard InChI is InChI=1S/C61H119NO5/c1-3-5-7-9-11-13-15-17-30-33-37-41-45-49-53-59(64)58(57-63)62-60(65)54-50-46-42-38-34-31-27-25-23-21-19-18-20-22-24-26-28-32-36-40-44-48-52-56-67-61(66)55-51-47-43-39-35-29-16-14-12-10-8-6-4-2/h21,23,58-59,63-64H,3-20,22,24-57H2,1-2H3,(H,62,65)/b23-21-. The van der Waals surface area contributed by atoms with E-state index in [2.05, 4.69) is 31.3 Å². The number of hydrogen-bond donors (Lipinski definition) is 3. The highest BCUT2D eigenvalue weighted by atomic mass is 16.5. The van der Waals surface area contributed by atoms with Crippen molar-refractivity contribution in [3.63, 3.8) is 0 Å². The third kappa shape index (κ3) is 53.8. The van der Waals surface area contributed by atoms with Crippen LogP contribution in [-0.4, -0.2) is 47.4 Å². The molecule has 0 rings (SSSR count). The van der Waals surface area contributed by atoms with E-state index in [1.165, 1.54) is 270 Å². The van der Waals surface area contributed by atoms with Gasteiger partial charge in [-0.2, -0.15) is 0 Å². The number of carbonyl (C=O) groups is 2. The van der Waals surface area contributed by atoms with Gasteiger partial charge in [0.2, 0.25) is 5.91 Å². The van der Waals surface area contributed by atoms with Crippen molar-refractivity contribution >= 4 is 11.9 Å². The van der Waals surface area contributed by atoms with Crippen molar-refractivity contribution in [3.05, 3.63) is 12.2 Å². The fraction of sp³-hybridized carbons (Fsp3) is 0.934. The Labute approximate surface area is 419 Å². The van der Waals surface area contributed by atoms with Gasteiger partial charge in [-0.15, -0.1) is 0 Å². The molecular weight excluding hydrogens is 827 g/mol. The van der Waals surface area contributed by atoms with E-state index in [1.807, 2.05) is 0 Å². The number of amides is 1. The van der Waals surface area contributed by atoms with Gasteiger partial charge in [0.05, 0.1) is 25.4 Å². The number of unbranched alkanes of at least 4 members (excludes halogenated alkanes) is 44. The summed E-state index contributed by atoms with van der Waals surface area (Å²) >= 11 is 0. The molecule has 0 radical (unpaired) electrons. The van der Waals surface area contributed by atoms with Crippen LogP contribution in [0.25, 0.3) is 0 Å². The zero-order valence-electron chi connectivity index (χ0n) is 45.4. The van der Waals surface area contributed by atoms with E-state index in [4.69, 9.17) is 4.74 Å². The smallest absolute Gasteiger partial charge is 0.305 e. The Hall–Kier alpha value is -1.40. The van der Waals surface area contributed by atoms with Crippen LogP contribution in [0, 0.1) is 0 Å². The van der Waals surface area contributed by atoms with Gasteiger partial charge in [0, 0.05) is 12.8 Å². The predicted molar refractivity (Wildman–Crippen MR) is 292 cm³/mol. The summed E-state index contributed by atoms with van der Waals surface area (Å²) in [5.41, 5.74) is 0. The van der Waals surface area contributed by atoms with Gasteiger partial charge in [-0.3, -0.25) is 9.59 Å². The molecule has 0 saturated carbocycles. The van der Waals surface area contributed by atoms with Crippen molar-refractivity contribution in [3.8, 4) is 0 Å². The van der Waals surface area contributed by atoms with E-state index < -0.39 is 12.1 Å². The number of nitrogens with one attached hydrogen (secondary N) is 1. The first-order valence-corrected chi connectivity index (χ1v) is 30.4. The van der Waals surface area contributed by atoms with Crippen molar-refractivity contribution < 1.29 is 24.5 Å². The van der Waals surface area contributed by atoms with Crippen molar-refractivity contribution in [2.75, 3.05) is 13.2 Å². The van der Waals surface area contributed by atoms with Crippen molar-refractivity contribution in [2.45, 2.75) is 353 Å². The molecule has 0 aromatic rings. The van der Waals surface area contributed by atoms with Gasteiger partial charge >= 0.3 is 5.97 Å². The summed E-state index contributed by atoms with van der Waals surface area (Å²) in [6.45, 7) is 4.97. The lowest BCUT2D eigenvalue weighted by Crippen LogP contribution is -2.45. The van der Waals surface area contributed by atoms with Gasteiger partial charge in [-0.1, -0.05) is 289 Å². The van der Waals surface area contributed by atoms with Crippen LogP contribution < -0.4 is 5.32 Å². The van der Waals surface area contributed by atoms with Gasteiger partial charge in [0.25, 0.3) is 0 Å². The first-order valence-electron chi connectivity index (χ1n) is 30.4. The number of carbonyl (C=O) groups excluding carboxylic acids is 2. The average Bonchev–Trinajstić information content (AvgIpc) is 3.33. The van der Waals surface area contributed by atoms with Crippen LogP contribution in [0.2, 0.25) is 0 Å². The lowest BCUT2D eigenvalue weighted by molar-refractivity contribution is -0.143. The summed E-state index contributed by atoms with van der Waals surface area (Å²) in [5.74, 6) is -0.0258. The molecule has 0 aromatic heterocycles. The number of rotatable bonds is 57. The molecule has 398 valence electrons. The zero-order chi connectivity index (χ0) is 48.6. The van der Waals surface area contributed by atoms with Crippen LogP contribution in [0.4, 0.5) is 0 Å². The molecule has 0 aromatic carbocycles. The summed E-state index contributed by atoms with van der Waals surface area (Å²) in [6.07, 6.45) is 67.9. The summed E-state index contributed by atoms with van der Waals surface area (Å²) in [6, 6.07) is -0.544. The molecule has 0 spiro atoms. The topological polar surface area (TPSA) is 95.9 Å². The third-order valence-corrected chi connectivity index (χ3v) is 14.3. The Kier molecular flexibility index (Phi) is 56.0. The van der Waals surface area contributed by atoms with Gasteiger partial charge < -0.3 is 20.3 Å². The average molecular weight is 947 g/mol. The minimum absolute atomic E-state index is 0.0136. The fourth-order valence-electron chi connectivity index (χ4n) is 9.64. The van der Waals surface area contributed by atoms with Gasteiger partial charge in [-0.25, -0.2) is 0 Å². The lowest BCUT2D eigenvalue weighted by Gasteiger charge is -2.22. The minimum atomic E-state index is -0.667. The van der Waals surface area contributed by atoms with Crippen LogP contribution in [0.1, 0.15) is 341 Å². The van der Waals surface area contributed by atoms with Crippen LogP contribution in [0.3, 0.4) is 0 Å². The third-order valence-electron chi connectivity index (χ3n) is 14.3. The highest BCUT2D eigenvalue weighted by Gasteiger charge is 2.20. The number of hydrogen-bond acceptors (Lipinski definition) is 5. The molecule has 1 amide bonds. The maximum absolute atomic E-state index is 12.5. The number of aliphatic hydroxyl groups excluding tert-OH is 2. The molecular formula is C61H119NO5. The van der Waals surface area contributed by atoms with Gasteiger partial charge in [-0.05, 0) is 51.4 Å². The fourth-order valence-corrected chi connectivity index (χ4v) is 9.64. The van der Waals surface area contributed by atoms with Crippen LogP contribution in [0.15, 0.2) is 12.2 Å². The summed E-state index contributed by atoms with van der Waals surface area (Å²) in [7, 11) is 0. The second-order valence-corrected chi connectivity index (χ2v) is 21.0. The quantitative estimate of drug-likeness (QED) is 0.0321. The maximum Gasteiger partial charge on any atom is 0.305 e. The monoisotopic (exact) mass is 946 g/mol. The zero-order valence-corrected chi connectivity index (χ0v) is 45.4. The van der Waals surface area contributed by atoms with Crippen molar-refractivity contribution in [1.29, 1.82) is 0 Å². The van der Waals surface area contributed by atoms with E-state index in [9.17, 15) is 19.8 Å². The van der Waals surface area contributed by atoms with Crippen LogP contribution in [-0.2, 0) is 14.3 Å². The summed E-state index contributed by atoms with van der Waals surface area (Å²) in [5, 5.41) is 23.3. The first-order chi connectivity index (χ1) is 33.0. The second-order valence-electron chi connectivity index (χ2n) is 21.0. The molecule has 0 saturated heterocycles. The summed E-state index contributed by atoms with van der Waals surface area (Å²) in [4.78, 5) is 24.5. The normalized spacial score (nSPS) is 12.6. The SMILES string of the molecule is CCCCCCCCCCCCCCCCC(O)C(CO)NC(=O)CCCCCCCCC/C=C\CCCCCCCCCCCCCCOC(=O)CCCCCCCCCCCCCCC. The molecule has 2 atom stereocenters. The molecule has 6 nitrogen and oxygen atoms in total. The largest absolute Gasteiger partial charge is 0.466 e. The molecule has 3 N–H and O–H groups in total.